The van der Waals surface area contributed by atoms with Gasteiger partial charge in [0, 0.05) is 0 Å². The number of para-hydroxylation sites is 1. The largest absolute Gasteiger partial charge is 0.489 e. The Morgan fingerprint density at radius 3 is 3.07 bits per heavy atom. The van der Waals surface area contributed by atoms with Gasteiger partial charge >= 0.3 is 5.97 Å². The summed E-state index contributed by atoms with van der Waals surface area (Å²) < 4.78 is 18.2. The van der Waals surface area contributed by atoms with Crippen LogP contribution in [0, 0.1) is 11.7 Å². The van der Waals surface area contributed by atoms with Crippen LogP contribution in [-0.2, 0) is 11.2 Å². The fourth-order valence-corrected chi connectivity index (χ4v) is 1.54. The van der Waals surface area contributed by atoms with Gasteiger partial charge in [0.1, 0.15) is 6.61 Å². The van der Waals surface area contributed by atoms with E-state index in [4.69, 9.17) is 9.84 Å². The van der Waals surface area contributed by atoms with E-state index in [2.05, 4.69) is 0 Å². The number of benzene rings is 1. The van der Waals surface area contributed by atoms with Gasteiger partial charge in [0.05, 0.1) is 5.92 Å². The molecule has 74 valence electrons. The first kappa shape index (κ1) is 8.99. The molecule has 0 radical (unpaired) electrons. The van der Waals surface area contributed by atoms with Crippen LogP contribution < -0.4 is 4.74 Å². The van der Waals surface area contributed by atoms with Crippen LogP contribution >= 0.6 is 0 Å². The molecular formula is C10H9FO3. The van der Waals surface area contributed by atoms with Gasteiger partial charge in [-0.15, -0.1) is 0 Å². The number of fused-ring (bicyclic) bond motifs is 1. The third-order valence-corrected chi connectivity index (χ3v) is 2.29. The maximum atomic E-state index is 13.1. The fraction of sp³-hybridized carbons (Fsp3) is 0.300. The van der Waals surface area contributed by atoms with E-state index < -0.39 is 17.7 Å². The normalized spacial score (nSPS) is 19.6. The summed E-state index contributed by atoms with van der Waals surface area (Å²) in [6.45, 7) is 0.0449. The molecule has 1 unspecified atom stereocenters. The van der Waals surface area contributed by atoms with Crippen molar-refractivity contribution < 1.29 is 19.0 Å². The van der Waals surface area contributed by atoms with Crippen LogP contribution in [-0.4, -0.2) is 17.7 Å². The van der Waals surface area contributed by atoms with Crippen LogP contribution in [0.15, 0.2) is 18.2 Å². The Morgan fingerprint density at radius 1 is 1.57 bits per heavy atom. The second kappa shape index (κ2) is 3.29. The third-order valence-electron chi connectivity index (χ3n) is 2.29. The van der Waals surface area contributed by atoms with E-state index >= 15 is 0 Å². The number of carboxylic acid groups (broad SMARTS) is 1. The highest BCUT2D eigenvalue weighted by Crippen LogP contribution is 2.29. The molecule has 1 aliphatic heterocycles. The van der Waals surface area contributed by atoms with Crippen LogP contribution in [0.1, 0.15) is 5.56 Å². The molecule has 0 amide bonds. The fourth-order valence-electron chi connectivity index (χ4n) is 1.54. The Balaban J connectivity index is 2.31. The number of hydrogen-bond acceptors (Lipinski definition) is 2. The highest BCUT2D eigenvalue weighted by Gasteiger charge is 2.26. The summed E-state index contributed by atoms with van der Waals surface area (Å²) in [5, 5.41) is 8.76. The van der Waals surface area contributed by atoms with E-state index in [1.165, 1.54) is 6.07 Å². The Morgan fingerprint density at radius 2 is 2.36 bits per heavy atom. The van der Waals surface area contributed by atoms with Crippen molar-refractivity contribution in [1.29, 1.82) is 0 Å². The van der Waals surface area contributed by atoms with Crippen molar-refractivity contribution in [3.05, 3.63) is 29.6 Å². The third kappa shape index (κ3) is 1.43. The van der Waals surface area contributed by atoms with Crippen molar-refractivity contribution in [2.45, 2.75) is 6.42 Å². The number of carboxylic acids is 1. The standard InChI is InChI=1S/C10H9FO3/c11-8-3-1-2-6-4-7(10(12)13)5-14-9(6)8/h1-3,7H,4-5H2,(H,12,13). The first-order valence-corrected chi connectivity index (χ1v) is 4.31. The van der Waals surface area contributed by atoms with E-state index in [1.807, 2.05) is 0 Å². The van der Waals surface area contributed by atoms with Crippen molar-refractivity contribution in [3.8, 4) is 5.75 Å². The Hall–Kier alpha value is -1.58. The number of rotatable bonds is 1. The van der Waals surface area contributed by atoms with E-state index in [0.717, 1.165) is 0 Å². The minimum Gasteiger partial charge on any atom is -0.489 e. The minimum atomic E-state index is -0.903. The lowest BCUT2D eigenvalue weighted by atomic mass is 9.97. The van der Waals surface area contributed by atoms with Crippen LogP contribution in [0.25, 0.3) is 0 Å². The Labute approximate surface area is 80.1 Å². The van der Waals surface area contributed by atoms with Gasteiger partial charge in [-0.25, -0.2) is 4.39 Å². The number of hydrogen-bond donors (Lipinski definition) is 1. The van der Waals surface area contributed by atoms with Gasteiger partial charge in [-0.3, -0.25) is 4.79 Å². The van der Waals surface area contributed by atoms with Crippen LogP contribution in [0.3, 0.4) is 0 Å². The lowest BCUT2D eigenvalue weighted by Crippen LogP contribution is -2.28. The van der Waals surface area contributed by atoms with Gasteiger partial charge in [-0.05, 0) is 18.1 Å². The lowest BCUT2D eigenvalue weighted by molar-refractivity contribution is -0.143. The molecule has 1 aromatic rings. The molecule has 14 heavy (non-hydrogen) atoms. The molecule has 1 aliphatic rings. The molecule has 0 spiro atoms. The van der Waals surface area contributed by atoms with Gasteiger partial charge in [0.25, 0.3) is 0 Å². The number of carbonyl (C=O) groups is 1. The molecule has 1 atom stereocenters. The summed E-state index contributed by atoms with van der Waals surface area (Å²) in [5.74, 6) is -1.69. The molecule has 1 aromatic carbocycles. The number of halogens is 1. The maximum Gasteiger partial charge on any atom is 0.310 e. The number of ether oxygens (including phenoxy) is 1. The smallest absolute Gasteiger partial charge is 0.310 e. The predicted octanol–water partition coefficient (Wildman–Crippen LogP) is 1.46. The molecule has 0 saturated heterocycles. The van der Waals surface area contributed by atoms with Crippen LogP contribution in [0.4, 0.5) is 4.39 Å². The maximum absolute atomic E-state index is 13.1. The highest BCUT2D eigenvalue weighted by atomic mass is 19.1. The second-order valence-electron chi connectivity index (χ2n) is 3.28. The van der Waals surface area contributed by atoms with Crippen molar-refractivity contribution >= 4 is 5.97 Å². The molecule has 3 nitrogen and oxygen atoms in total. The van der Waals surface area contributed by atoms with Crippen molar-refractivity contribution in [2.24, 2.45) is 5.92 Å². The second-order valence-corrected chi connectivity index (χ2v) is 3.28. The first-order valence-electron chi connectivity index (χ1n) is 4.31. The predicted molar refractivity (Wildman–Crippen MR) is 46.7 cm³/mol. The van der Waals surface area contributed by atoms with Gasteiger partial charge < -0.3 is 9.84 Å². The topological polar surface area (TPSA) is 46.5 Å². The summed E-state index contributed by atoms with van der Waals surface area (Å²) in [6.07, 6.45) is 0.336. The van der Waals surface area contributed by atoms with Gasteiger partial charge in [0.15, 0.2) is 11.6 Å². The summed E-state index contributed by atoms with van der Waals surface area (Å²) in [5.41, 5.74) is 0.628. The quantitative estimate of drug-likeness (QED) is 0.739. The van der Waals surface area contributed by atoms with Crippen LogP contribution in [0.2, 0.25) is 0 Å². The summed E-state index contributed by atoms with van der Waals surface area (Å²) in [4.78, 5) is 10.7. The zero-order valence-corrected chi connectivity index (χ0v) is 7.37. The summed E-state index contributed by atoms with van der Waals surface area (Å²) in [7, 11) is 0. The summed E-state index contributed by atoms with van der Waals surface area (Å²) in [6, 6.07) is 4.55. The Kier molecular flexibility index (Phi) is 2.11. The highest BCUT2D eigenvalue weighted by molar-refractivity contribution is 5.71. The Bertz CT molecular complexity index is 376. The molecule has 0 fully saturated rings. The van der Waals surface area contributed by atoms with Crippen molar-refractivity contribution in [1.82, 2.24) is 0 Å². The molecule has 2 rings (SSSR count). The monoisotopic (exact) mass is 196 g/mol. The lowest BCUT2D eigenvalue weighted by Gasteiger charge is -2.22. The van der Waals surface area contributed by atoms with Crippen LogP contribution in [0.5, 0.6) is 5.75 Å². The number of aliphatic carboxylic acids is 1. The van der Waals surface area contributed by atoms with Crippen molar-refractivity contribution in [2.75, 3.05) is 6.61 Å². The van der Waals surface area contributed by atoms with E-state index in [1.54, 1.807) is 12.1 Å². The zero-order chi connectivity index (χ0) is 10.1. The average Bonchev–Trinajstić information content (AvgIpc) is 2.17. The molecule has 1 N–H and O–H groups in total. The molecular weight excluding hydrogens is 187 g/mol. The average molecular weight is 196 g/mol. The first-order chi connectivity index (χ1) is 6.68. The SMILES string of the molecule is O=C(O)C1COc2c(F)cccc2C1. The van der Waals surface area contributed by atoms with E-state index in [9.17, 15) is 9.18 Å². The van der Waals surface area contributed by atoms with Gasteiger partial charge in [-0.1, -0.05) is 12.1 Å². The van der Waals surface area contributed by atoms with Gasteiger partial charge in [-0.2, -0.15) is 0 Å². The molecule has 1 heterocycles. The molecule has 4 heteroatoms. The van der Waals surface area contributed by atoms with Crippen molar-refractivity contribution in [3.63, 3.8) is 0 Å². The minimum absolute atomic E-state index is 0.0449. The molecule has 0 saturated carbocycles. The van der Waals surface area contributed by atoms with E-state index in [0.29, 0.717) is 12.0 Å². The molecule has 0 aromatic heterocycles. The van der Waals surface area contributed by atoms with E-state index in [-0.39, 0.29) is 12.4 Å². The van der Waals surface area contributed by atoms with Gasteiger partial charge in [0.2, 0.25) is 0 Å². The molecule has 0 bridgehead atoms. The molecule has 0 aliphatic carbocycles. The summed E-state index contributed by atoms with van der Waals surface area (Å²) >= 11 is 0. The zero-order valence-electron chi connectivity index (χ0n) is 7.37.